The second-order valence-corrected chi connectivity index (χ2v) is 4.13. The monoisotopic (exact) mass is 252 g/mol. The first-order valence-electron chi connectivity index (χ1n) is 5.74. The molecule has 2 heterocycles. The van der Waals surface area contributed by atoms with Crippen molar-refractivity contribution in [3.05, 3.63) is 72.1 Å². The van der Waals surface area contributed by atoms with E-state index < -0.39 is 5.82 Å². The van der Waals surface area contributed by atoms with Gasteiger partial charge in [-0.25, -0.2) is 4.39 Å². The van der Waals surface area contributed by atoms with Gasteiger partial charge in [0.1, 0.15) is 5.82 Å². The van der Waals surface area contributed by atoms with E-state index in [2.05, 4.69) is 9.97 Å². The van der Waals surface area contributed by atoms with Crippen LogP contribution in [-0.2, 0) is 0 Å². The lowest BCUT2D eigenvalue weighted by molar-refractivity contribution is 0.103. The summed E-state index contributed by atoms with van der Waals surface area (Å²) in [5.41, 5.74) is 0.670. The van der Waals surface area contributed by atoms with Crippen LogP contribution in [0.5, 0.6) is 0 Å². The van der Waals surface area contributed by atoms with Gasteiger partial charge in [-0.05, 0) is 11.5 Å². The first-order valence-corrected chi connectivity index (χ1v) is 5.74. The Labute approximate surface area is 108 Å². The fourth-order valence-corrected chi connectivity index (χ4v) is 1.99. The molecule has 0 unspecified atom stereocenters. The molecule has 0 radical (unpaired) electrons. The van der Waals surface area contributed by atoms with Crippen LogP contribution in [0.2, 0.25) is 0 Å². The van der Waals surface area contributed by atoms with Gasteiger partial charge in [0.05, 0.1) is 6.20 Å². The number of hydrogen-bond donors (Lipinski definition) is 0. The van der Waals surface area contributed by atoms with Crippen LogP contribution in [0.1, 0.15) is 15.9 Å². The van der Waals surface area contributed by atoms with Gasteiger partial charge in [0.15, 0.2) is 5.78 Å². The van der Waals surface area contributed by atoms with Gasteiger partial charge >= 0.3 is 0 Å². The van der Waals surface area contributed by atoms with Crippen LogP contribution in [-0.4, -0.2) is 15.8 Å². The van der Waals surface area contributed by atoms with Crippen LogP contribution < -0.4 is 0 Å². The van der Waals surface area contributed by atoms with Gasteiger partial charge in [-0.3, -0.25) is 14.8 Å². The fourth-order valence-electron chi connectivity index (χ4n) is 1.99. The molecule has 0 aliphatic heterocycles. The van der Waals surface area contributed by atoms with Crippen LogP contribution in [0.3, 0.4) is 0 Å². The zero-order valence-electron chi connectivity index (χ0n) is 9.88. The van der Waals surface area contributed by atoms with Crippen molar-refractivity contribution in [1.29, 1.82) is 0 Å². The minimum atomic E-state index is -0.529. The number of fused-ring (bicyclic) bond motifs is 1. The van der Waals surface area contributed by atoms with Gasteiger partial charge in [0, 0.05) is 35.1 Å². The molecule has 0 N–H and O–H groups in total. The first kappa shape index (κ1) is 11.5. The molecule has 0 spiro atoms. The Hall–Kier alpha value is -2.62. The fraction of sp³-hybridized carbons (Fsp3) is 0. The lowest BCUT2D eigenvalue weighted by atomic mass is 10.0. The summed E-state index contributed by atoms with van der Waals surface area (Å²) in [6, 6.07) is 8.63. The van der Waals surface area contributed by atoms with Crippen molar-refractivity contribution < 1.29 is 9.18 Å². The van der Waals surface area contributed by atoms with E-state index in [4.69, 9.17) is 0 Å². The molecule has 0 atom stereocenters. The topological polar surface area (TPSA) is 42.9 Å². The summed E-state index contributed by atoms with van der Waals surface area (Å²) in [5, 5.41) is 1.67. The highest BCUT2D eigenvalue weighted by Crippen LogP contribution is 2.20. The van der Waals surface area contributed by atoms with Gasteiger partial charge in [0.2, 0.25) is 0 Å². The third-order valence-corrected chi connectivity index (χ3v) is 2.88. The second kappa shape index (κ2) is 4.57. The summed E-state index contributed by atoms with van der Waals surface area (Å²) in [4.78, 5) is 20.1. The standard InChI is InChI=1S/C15H9FN2O/c16-12-5-11(7-17-8-12)15(19)14-9-18-6-10-3-1-2-4-13(10)14/h1-9H. The Morgan fingerprint density at radius 2 is 1.79 bits per heavy atom. The molecule has 3 rings (SSSR count). The molecule has 19 heavy (non-hydrogen) atoms. The van der Waals surface area contributed by atoms with E-state index >= 15 is 0 Å². The molecular weight excluding hydrogens is 243 g/mol. The van der Waals surface area contributed by atoms with Crippen LogP contribution in [0.15, 0.2) is 55.1 Å². The van der Waals surface area contributed by atoms with Crippen LogP contribution >= 0.6 is 0 Å². The minimum Gasteiger partial charge on any atom is -0.288 e. The highest BCUT2D eigenvalue weighted by molar-refractivity contribution is 6.15. The SMILES string of the molecule is O=C(c1cncc(F)c1)c1cncc2ccccc12. The minimum absolute atomic E-state index is 0.221. The molecule has 3 nitrogen and oxygen atoms in total. The summed E-state index contributed by atoms with van der Waals surface area (Å²) in [6.45, 7) is 0. The maximum Gasteiger partial charge on any atom is 0.196 e. The largest absolute Gasteiger partial charge is 0.288 e. The van der Waals surface area contributed by atoms with Crippen molar-refractivity contribution in [1.82, 2.24) is 9.97 Å². The highest BCUT2D eigenvalue weighted by atomic mass is 19.1. The van der Waals surface area contributed by atoms with Crippen molar-refractivity contribution in [2.24, 2.45) is 0 Å². The molecule has 92 valence electrons. The number of carbonyl (C=O) groups excluding carboxylic acids is 1. The summed E-state index contributed by atoms with van der Waals surface area (Å²) in [5.74, 6) is -0.810. The number of ketones is 1. The predicted octanol–water partition coefficient (Wildman–Crippen LogP) is 3.00. The Kier molecular flexibility index (Phi) is 2.76. The lowest BCUT2D eigenvalue weighted by Gasteiger charge is -2.04. The summed E-state index contributed by atoms with van der Waals surface area (Å²) in [7, 11) is 0. The van der Waals surface area contributed by atoms with Gasteiger partial charge < -0.3 is 0 Å². The molecule has 0 aliphatic rings. The molecule has 3 aromatic rings. The van der Waals surface area contributed by atoms with Crippen LogP contribution in [0.4, 0.5) is 4.39 Å². The van der Waals surface area contributed by atoms with Crippen LogP contribution in [0.25, 0.3) is 10.8 Å². The maximum absolute atomic E-state index is 13.1. The number of hydrogen-bond acceptors (Lipinski definition) is 3. The number of nitrogens with zero attached hydrogens (tertiary/aromatic N) is 2. The Balaban J connectivity index is 2.17. The zero-order chi connectivity index (χ0) is 13.2. The quantitative estimate of drug-likeness (QED) is 0.658. The van der Waals surface area contributed by atoms with Crippen molar-refractivity contribution >= 4 is 16.6 Å². The third kappa shape index (κ3) is 2.08. The van der Waals surface area contributed by atoms with Crippen molar-refractivity contribution in [3.8, 4) is 0 Å². The molecule has 0 aliphatic carbocycles. The highest BCUT2D eigenvalue weighted by Gasteiger charge is 2.13. The number of carbonyl (C=O) groups is 1. The van der Waals surface area contributed by atoms with E-state index in [1.165, 1.54) is 18.5 Å². The molecule has 1 aromatic carbocycles. The number of rotatable bonds is 2. The van der Waals surface area contributed by atoms with Gasteiger partial charge in [-0.2, -0.15) is 0 Å². The summed E-state index contributed by atoms with van der Waals surface area (Å²) < 4.78 is 13.1. The number of pyridine rings is 2. The average molecular weight is 252 g/mol. The molecule has 0 amide bonds. The molecule has 0 saturated heterocycles. The number of halogens is 1. The van der Waals surface area contributed by atoms with Gasteiger partial charge in [0.25, 0.3) is 0 Å². The Morgan fingerprint density at radius 3 is 2.63 bits per heavy atom. The molecule has 0 fully saturated rings. The maximum atomic E-state index is 13.1. The van der Waals surface area contributed by atoms with Crippen molar-refractivity contribution in [2.75, 3.05) is 0 Å². The predicted molar refractivity (Wildman–Crippen MR) is 69.4 cm³/mol. The Bertz CT molecular complexity index is 765. The van der Waals surface area contributed by atoms with Gasteiger partial charge in [-0.1, -0.05) is 24.3 Å². The average Bonchev–Trinajstić information content (AvgIpc) is 2.46. The van der Waals surface area contributed by atoms with Crippen LogP contribution in [0, 0.1) is 5.82 Å². The third-order valence-electron chi connectivity index (χ3n) is 2.88. The van der Waals surface area contributed by atoms with Crippen molar-refractivity contribution in [3.63, 3.8) is 0 Å². The van der Waals surface area contributed by atoms with Gasteiger partial charge in [-0.15, -0.1) is 0 Å². The van der Waals surface area contributed by atoms with E-state index in [-0.39, 0.29) is 11.3 Å². The van der Waals surface area contributed by atoms with E-state index in [1.807, 2.05) is 24.3 Å². The second-order valence-electron chi connectivity index (χ2n) is 4.13. The van der Waals surface area contributed by atoms with E-state index in [9.17, 15) is 9.18 Å². The van der Waals surface area contributed by atoms with Crippen molar-refractivity contribution in [2.45, 2.75) is 0 Å². The first-order chi connectivity index (χ1) is 9.25. The zero-order valence-corrected chi connectivity index (χ0v) is 9.88. The van der Waals surface area contributed by atoms with E-state index in [0.717, 1.165) is 17.0 Å². The molecule has 0 saturated carbocycles. The molecule has 4 heteroatoms. The molecular formula is C15H9FN2O. The lowest BCUT2D eigenvalue weighted by Crippen LogP contribution is -2.04. The normalized spacial score (nSPS) is 10.6. The summed E-state index contributed by atoms with van der Waals surface area (Å²) in [6.07, 6.45) is 5.61. The summed E-state index contributed by atoms with van der Waals surface area (Å²) >= 11 is 0. The number of aromatic nitrogens is 2. The van der Waals surface area contributed by atoms with E-state index in [1.54, 1.807) is 6.20 Å². The smallest absolute Gasteiger partial charge is 0.196 e. The Morgan fingerprint density at radius 1 is 1.00 bits per heavy atom. The number of benzene rings is 1. The molecule has 2 aromatic heterocycles. The van der Waals surface area contributed by atoms with E-state index in [0.29, 0.717) is 5.56 Å². The molecule has 0 bridgehead atoms.